The second-order valence-electron chi connectivity index (χ2n) is 3.13. The van der Waals surface area contributed by atoms with Gasteiger partial charge in [0.15, 0.2) is 9.90 Å². The Morgan fingerprint density at radius 3 is 2.74 bits per heavy atom. The molecule has 2 heterocycles. The molecular weight excluding hydrogens is 316 g/mol. The van der Waals surface area contributed by atoms with Gasteiger partial charge in [0.25, 0.3) is 10.0 Å². The topological polar surface area (TPSA) is 122 Å². The van der Waals surface area contributed by atoms with E-state index in [1.165, 1.54) is 6.07 Å². The van der Waals surface area contributed by atoms with Gasteiger partial charge in [-0.2, -0.15) is 0 Å². The van der Waals surface area contributed by atoms with Crippen LogP contribution < -0.4 is 4.72 Å². The summed E-state index contributed by atoms with van der Waals surface area (Å²) in [6, 6.07) is 1.20. The van der Waals surface area contributed by atoms with Gasteiger partial charge in [0.1, 0.15) is 17.3 Å². The molecule has 100 valence electrons. The number of carbonyl (C=O) groups is 1. The number of carboxylic acids is 1. The first-order valence-electron chi connectivity index (χ1n) is 4.57. The van der Waals surface area contributed by atoms with Gasteiger partial charge >= 0.3 is 5.97 Å². The minimum atomic E-state index is -4.09. The average molecular weight is 321 g/mol. The molecule has 0 aliphatic rings. The summed E-state index contributed by atoms with van der Waals surface area (Å²) in [5, 5.41) is 8.88. The van der Waals surface area contributed by atoms with E-state index in [-0.39, 0.29) is 11.0 Å². The lowest BCUT2D eigenvalue weighted by Crippen LogP contribution is -2.16. The Balaban J connectivity index is 2.38. The van der Waals surface area contributed by atoms with E-state index in [9.17, 15) is 13.2 Å². The van der Waals surface area contributed by atoms with Crippen molar-refractivity contribution in [2.24, 2.45) is 0 Å². The molecule has 2 rings (SSSR count). The van der Waals surface area contributed by atoms with Crippen LogP contribution in [-0.4, -0.2) is 34.4 Å². The number of sulfonamides is 1. The molecule has 0 aromatic carbocycles. The first kappa shape index (κ1) is 13.6. The molecule has 2 aromatic rings. The molecule has 0 unspecified atom stereocenters. The fraction of sp³-hybridized carbons (Fsp3) is 0. The summed E-state index contributed by atoms with van der Waals surface area (Å²) in [4.78, 5) is 21.6. The third-order valence-electron chi connectivity index (χ3n) is 1.85. The number of nitrogens with zero attached hydrogens (tertiary/aromatic N) is 3. The number of aromatic nitrogens is 3. The van der Waals surface area contributed by atoms with Gasteiger partial charge in [-0.05, 0) is 0 Å². The van der Waals surface area contributed by atoms with Gasteiger partial charge in [-0.25, -0.2) is 28.2 Å². The van der Waals surface area contributed by atoms with Crippen LogP contribution in [0.5, 0.6) is 0 Å². The van der Waals surface area contributed by atoms with Gasteiger partial charge in [0.05, 0.1) is 5.51 Å². The van der Waals surface area contributed by atoms with E-state index < -0.39 is 25.9 Å². The largest absolute Gasteiger partial charge is 0.476 e. The molecule has 2 N–H and O–H groups in total. The van der Waals surface area contributed by atoms with Crippen molar-refractivity contribution in [3.8, 4) is 0 Å². The molecule has 0 radical (unpaired) electrons. The van der Waals surface area contributed by atoms with E-state index in [0.717, 1.165) is 11.8 Å². The van der Waals surface area contributed by atoms with E-state index in [4.69, 9.17) is 16.7 Å². The molecule has 0 aliphatic heterocycles. The van der Waals surface area contributed by atoms with Crippen molar-refractivity contribution in [3.05, 3.63) is 28.8 Å². The van der Waals surface area contributed by atoms with Gasteiger partial charge in [-0.1, -0.05) is 11.6 Å². The average Bonchev–Trinajstić information content (AvgIpc) is 2.77. The minimum Gasteiger partial charge on any atom is -0.476 e. The lowest BCUT2D eigenvalue weighted by molar-refractivity contribution is 0.0687. The maximum atomic E-state index is 12.0. The normalized spacial score (nSPS) is 11.2. The van der Waals surface area contributed by atoms with Crippen LogP contribution in [0.2, 0.25) is 5.15 Å². The summed E-state index contributed by atoms with van der Waals surface area (Å²) < 4.78 is 25.7. The maximum Gasteiger partial charge on any atom is 0.356 e. The molecule has 0 bridgehead atoms. The Bertz CT molecular complexity index is 730. The predicted molar refractivity (Wildman–Crippen MR) is 66.9 cm³/mol. The zero-order chi connectivity index (χ0) is 14.0. The molecule has 0 fully saturated rings. The molecule has 0 amide bonds. The van der Waals surface area contributed by atoms with Crippen LogP contribution in [0.3, 0.4) is 0 Å². The number of aromatic carboxylic acids is 1. The molecule has 0 spiro atoms. The lowest BCUT2D eigenvalue weighted by atomic mass is 10.5. The van der Waals surface area contributed by atoms with Gasteiger partial charge in [-0.3, -0.25) is 4.72 Å². The number of hydrogen-bond donors (Lipinski definition) is 2. The van der Waals surface area contributed by atoms with Gasteiger partial charge in [-0.15, -0.1) is 11.3 Å². The van der Waals surface area contributed by atoms with Gasteiger partial charge in [0.2, 0.25) is 0 Å². The zero-order valence-corrected chi connectivity index (χ0v) is 11.3. The maximum absolute atomic E-state index is 12.0. The van der Waals surface area contributed by atoms with E-state index in [1.54, 1.807) is 0 Å². The van der Waals surface area contributed by atoms with Crippen molar-refractivity contribution >= 4 is 44.7 Å². The van der Waals surface area contributed by atoms with Crippen molar-refractivity contribution in [3.63, 3.8) is 0 Å². The molecule has 2 aromatic heterocycles. The number of rotatable bonds is 4. The Morgan fingerprint density at radius 1 is 1.37 bits per heavy atom. The number of carboxylic acid groups (broad SMARTS) is 1. The molecular formula is C8H5ClN4O4S2. The predicted octanol–water partition coefficient (Wildman–Crippen LogP) is 1.09. The standard InChI is InChI=1S/C8H5ClN4O4S2/c9-4-1-5(11-2-10-4)13-19(16,17)8-6(7(14)15)12-3-18-8/h1-3H,(H,14,15)(H,10,11,13). The third kappa shape index (κ3) is 2.97. The SMILES string of the molecule is O=C(O)c1ncsc1S(=O)(=O)Nc1cc(Cl)ncn1. The monoisotopic (exact) mass is 320 g/mol. The molecule has 0 saturated carbocycles. The van der Waals surface area contributed by atoms with Crippen LogP contribution in [0.15, 0.2) is 22.1 Å². The Morgan fingerprint density at radius 2 is 2.11 bits per heavy atom. The molecule has 11 heteroatoms. The molecule has 8 nitrogen and oxygen atoms in total. The molecule has 0 atom stereocenters. The Hall–Kier alpha value is -1.78. The summed E-state index contributed by atoms with van der Waals surface area (Å²) in [5.74, 6) is -1.49. The Labute approximate surface area is 116 Å². The molecule has 0 aliphatic carbocycles. The number of hydrogen-bond acceptors (Lipinski definition) is 7. The summed E-state index contributed by atoms with van der Waals surface area (Å²) in [6.45, 7) is 0. The van der Waals surface area contributed by atoms with Crippen LogP contribution in [0.1, 0.15) is 10.5 Å². The summed E-state index contributed by atoms with van der Waals surface area (Å²) in [7, 11) is -4.09. The van der Waals surface area contributed by atoms with Crippen molar-refractivity contribution in [1.29, 1.82) is 0 Å². The van der Waals surface area contributed by atoms with Crippen LogP contribution in [-0.2, 0) is 10.0 Å². The highest BCUT2D eigenvalue weighted by atomic mass is 35.5. The highest BCUT2D eigenvalue weighted by molar-refractivity contribution is 7.94. The van der Waals surface area contributed by atoms with E-state index in [1.807, 2.05) is 0 Å². The van der Waals surface area contributed by atoms with Gasteiger partial charge < -0.3 is 5.11 Å². The number of anilines is 1. The molecule has 0 saturated heterocycles. The minimum absolute atomic E-state index is 0.0514. The number of halogens is 1. The van der Waals surface area contributed by atoms with Crippen molar-refractivity contribution in [2.45, 2.75) is 4.21 Å². The second-order valence-corrected chi connectivity index (χ2v) is 6.24. The summed E-state index contributed by atoms with van der Waals surface area (Å²) in [5.41, 5.74) is 0.586. The highest BCUT2D eigenvalue weighted by Crippen LogP contribution is 2.22. The lowest BCUT2D eigenvalue weighted by Gasteiger charge is -2.05. The highest BCUT2D eigenvalue weighted by Gasteiger charge is 2.26. The Kier molecular flexibility index (Phi) is 3.64. The van der Waals surface area contributed by atoms with Crippen LogP contribution >= 0.6 is 22.9 Å². The summed E-state index contributed by atoms with van der Waals surface area (Å²) >= 11 is 6.28. The van der Waals surface area contributed by atoms with Crippen LogP contribution in [0.25, 0.3) is 0 Å². The van der Waals surface area contributed by atoms with Crippen molar-refractivity contribution in [1.82, 2.24) is 15.0 Å². The van der Waals surface area contributed by atoms with E-state index in [0.29, 0.717) is 11.3 Å². The first-order valence-corrected chi connectivity index (χ1v) is 7.31. The zero-order valence-electron chi connectivity index (χ0n) is 8.94. The van der Waals surface area contributed by atoms with Crippen LogP contribution in [0.4, 0.5) is 5.82 Å². The van der Waals surface area contributed by atoms with Crippen molar-refractivity contribution < 1.29 is 18.3 Å². The summed E-state index contributed by atoms with van der Waals surface area (Å²) in [6.07, 6.45) is 1.07. The quantitative estimate of drug-likeness (QED) is 0.808. The van der Waals surface area contributed by atoms with E-state index >= 15 is 0 Å². The third-order valence-corrected chi connectivity index (χ3v) is 4.79. The smallest absolute Gasteiger partial charge is 0.356 e. The number of nitrogens with one attached hydrogen (secondary N) is 1. The fourth-order valence-corrected chi connectivity index (χ4v) is 3.43. The van der Waals surface area contributed by atoms with Gasteiger partial charge in [0, 0.05) is 6.07 Å². The fourth-order valence-electron chi connectivity index (χ4n) is 1.14. The first-order chi connectivity index (χ1) is 8.90. The molecule has 19 heavy (non-hydrogen) atoms. The second kappa shape index (κ2) is 5.07. The van der Waals surface area contributed by atoms with E-state index in [2.05, 4.69) is 19.7 Å². The van der Waals surface area contributed by atoms with Crippen LogP contribution in [0, 0.1) is 0 Å². The van der Waals surface area contributed by atoms with Crippen molar-refractivity contribution in [2.75, 3.05) is 4.72 Å². The number of thiazole rings is 1.